The molecule has 0 radical (unpaired) electrons. The molecule has 2 aromatic heterocycles. The predicted molar refractivity (Wildman–Crippen MR) is 99.3 cm³/mol. The molecule has 0 atom stereocenters. The largest absolute Gasteiger partial charge is 0.355 e. The third kappa shape index (κ3) is 3.16. The van der Waals surface area contributed by atoms with Gasteiger partial charge in [-0.05, 0) is 41.1 Å². The van der Waals surface area contributed by atoms with E-state index in [9.17, 15) is 4.79 Å². The Kier molecular flexibility index (Phi) is 4.03. The zero-order valence-corrected chi connectivity index (χ0v) is 14.5. The van der Waals surface area contributed by atoms with Crippen molar-refractivity contribution < 1.29 is 9.32 Å². The Labute approximate surface area is 151 Å². The van der Waals surface area contributed by atoms with Crippen molar-refractivity contribution in [3.8, 4) is 11.3 Å². The van der Waals surface area contributed by atoms with Gasteiger partial charge in [0.05, 0.1) is 0 Å². The van der Waals surface area contributed by atoms with Crippen molar-refractivity contribution >= 4 is 38.3 Å². The second-order valence-corrected chi connectivity index (χ2v) is 6.30. The molecule has 2 heterocycles. The van der Waals surface area contributed by atoms with Gasteiger partial charge in [-0.25, -0.2) is 0 Å². The van der Waals surface area contributed by atoms with Gasteiger partial charge in [0.15, 0.2) is 11.5 Å². The van der Waals surface area contributed by atoms with Gasteiger partial charge in [0.2, 0.25) is 0 Å². The fourth-order valence-electron chi connectivity index (χ4n) is 2.54. The second kappa shape index (κ2) is 6.49. The van der Waals surface area contributed by atoms with Gasteiger partial charge in [-0.15, -0.1) is 0 Å². The summed E-state index contributed by atoms with van der Waals surface area (Å²) in [6.07, 6.45) is 3.33. The number of anilines is 1. The Hall–Kier alpha value is -2.99. The number of nitrogens with zero attached hydrogens (tertiary/aromatic N) is 2. The summed E-state index contributed by atoms with van der Waals surface area (Å²) in [5.74, 6) is 0.175. The zero-order chi connectivity index (χ0) is 17.2. The van der Waals surface area contributed by atoms with Crippen LogP contribution in [0.3, 0.4) is 0 Å². The lowest BCUT2D eigenvalue weighted by Gasteiger charge is -2.06. The van der Waals surface area contributed by atoms with E-state index in [1.54, 1.807) is 24.5 Å². The molecule has 0 aliphatic carbocycles. The van der Waals surface area contributed by atoms with Crippen molar-refractivity contribution in [2.45, 2.75) is 0 Å². The predicted octanol–water partition coefficient (Wildman–Crippen LogP) is 4.90. The molecule has 6 heteroatoms. The number of amides is 1. The van der Waals surface area contributed by atoms with Crippen molar-refractivity contribution in [1.82, 2.24) is 10.1 Å². The van der Waals surface area contributed by atoms with Gasteiger partial charge in [0.1, 0.15) is 0 Å². The number of benzene rings is 2. The molecule has 1 N–H and O–H groups in total. The van der Waals surface area contributed by atoms with Crippen molar-refractivity contribution in [3.05, 3.63) is 77.2 Å². The van der Waals surface area contributed by atoms with E-state index in [0.29, 0.717) is 11.4 Å². The molecule has 0 saturated heterocycles. The average Bonchev–Trinajstić information content (AvgIpc) is 3.13. The highest BCUT2D eigenvalue weighted by molar-refractivity contribution is 9.10. The Morgan fingerprint density at radius 2 is 2.00 bits per heavy atom. The van der Waals surface area contributed by atoms with Crippen LogP contribution in [-0.4, -0.2) is 16.0 Å². The highest BCUT2D eigenvalue weighted by Crippen LogP contribution is 2.26. The van der Waals surface area contributed by atoms with E-state index in [-0.39, 0.29) is 11.6 Å². The third-order valence-electron chi connectivity index (χ3n) is 3.77. The average molecular weight is 394 g/mol. The second-order valence-electron chi connectivity index (χ2n) is 5.45. The number of pyridine rings is 1. The van der Waals surface area contributed by atoms with Gasteiger partial charge < -0.3 is 9.84 Å². The Bertz CT molecular complexity index is 1060. The van der Waals surface area contributed by atoms with E-state index >= 15 is 0 Å². The lowest BCUT2D eigenvalue weighted by atomic mass is 10.1. The van der Waals surface area contributed by atoms with Crippen LogP contribution in [0, 0.1) is 0 Å². The molecule has 4 rings (SSSR count). The molecule has 0 aliphatic heterocycles. The molecule has 4 aromatic rings. The normalized spacial score (nSPS) is 10.8. The molecule has 0 bridgehead atoms. The maximum Gasteiger partial charge on any atom is 0.277 e. The van der Waals surface area contributed by atoms with Gasteiger partial charge in [-0.3, -0.25) is 9.78 Å². The number of carbonyl (C=O) groups excluding carboxylic acids is 1. The molecule has 122 valence electrons. The number of nitrogens with one attached hydrogen (secondary N) is 1. The van der Waals surface area contributed by atoms with Crippen LogP contribution in [0.25, 0.3) is 22.1 Å². The van der Waals surface area contributed by atoms with Crippen LogP contribution in [0.15, 0.2) is 76.0 Å². The van der Waals surface area contributed by atoms with Crippen LogP contribution >= 0.6 is 15.9 Å². The quantitative estimate of drug-likeness (QED) is 0.537. The first kappa shape index (κ1) is 15.5. The van der Waals surface area contributed by atoms with E-state index in [1.165, 1.54) is 0 Å². The minimum atomic E-state index is -0.326. The van der Waals surface area contributed by atoms with Gasteiger partial charge >= 0.3 is 0 Å². The number of aromatic nitrogens is 2. The van der Waals surface area contributed by atoms with E-state index in [4.69, 9.17) is 4.52 Å². The van der Waals surface area contributed by atoms with Crippen molar-refractivity contribution in [3.63, 3.8) is 0 Å². The van der Waals surface area contributed by atoms with E-state index in [2.05, 4.69) is 31.4 Å². The fraction of sp³-hybridized carbons (Fsp3) is 0. The van der Waals surface area contributed by atoms with Crippen LogP contribution in [0.2, 0.25) is 0 Å². The maximum absolute atomic E-state index is 12.4. The topological polar surface area (TPSA) is 68.0 Å². The lowest BCUT2D eigenvalue weighted by Crippen LogP contribution is -2.12. The number of fused-ring (bicyclic) bond motifs is 1. The number of halogens is 1. The molecular formula is C19H12BrN3O2. The van der Waals surface area contributed by atoms with Gasteiger partial charge in [0, 0.05) is 34.2 Å². The molecule has 0 saturated carbocycles. The monoisotopic (exact) mass is 393 g/mol. The molecule has 0 unspecified atom stereocenters. The number of rotatable bonds is 3. The first-order chi connectivity index (χ1) is 12.2. The minimum Gasteiger partial charge on any atom is -0.355 e. The molecule has 5 nitrogen and oxygen atoms in total. The summed E-state index contributed by atoms with van der Waals surface area (Å²) in [6.45, 7) is 0. The van der Waals surface area contributed by atoms with Crippen LogP contribution in [0.4, 0.5) is 5.69 Å². The molecule has 0 fully saturated rings. The van der Waals surface area contributed by atoms with E-state index in [1.807, 2.05) is 42.5 Å². The molecule has 0 spiro atoms. The summed E-state index contributed by atoms with van der Waals surface area (Å²) in [5, 5.41) is 8.80. The lowest BCUT2D eigenvalue weighted by molar-refractivity contribution is 0.101. The number of hydrogen-bond acceptors (Lipinski definition) is 4. The standard InChI is InChI=1S/C19H12BrN3O2/c20-16-5-1-3-12-9-14(6-7-15(12)16)22-19(24)17-10-18(25-23-17)13-4-2-8-21-11-13/h1-11H,(H,22,24). The van der Waals surface area contributed by atoms with Gasteiger partial charge in [0.25, 0.3) is 5.91 Å². The number of carbonyl (C=O) groups is 1. The van der Waals surface area contributed by atoms with Crippen LogP contribution < -0.4 is 5.32 Å². The molecule has 1 amide bonds. The summed E-state index contributed by atoms with van der Waals surface area (Å²) in [6, 6.07) is 16.9. The summed E-state index contributed by atoms with van der Waals surface area (Å²) in [5.41, 5.74) is 1.68. The first-order valence-electron chi connectivity index (χ1n) is 7.57. The van der Waals surface area contributed by atoms with E-state index in [0.717, 1.165) is 20.8 Å². The molecule has 0 aliphatic rings. The van der Waals surface area contributed by atoms with E-state index < -0.39 is 0 Å². The Morgan fingerprint density at radius 1 is 1.08 bits per heavy atom. The molecular weight excluding hydrogens is 382 g/mol. The van der Waals surface area contributed by atoms with Crippen LogP contribution in [-0.2, 0) is 0 Å². The zero-order valence-electron chi connectivity index (χ0n) is 12.9. The third-order valence-corrected chi connectivity index (χ3v) is 4.47. The highest BCUT2D eigenvalue weighted by atomic mass is 79.9. The van der Waals surface area contributed by atoms with Crippen molar-refractivity contribution in [2.75, 3.05) is 5.32 Å². The van der Waals surface area contributed by atoms with Crippen molar-refractivity contribution in [1.29, 1.82) is 0 Å². The van der Waals surface area contributed by atoms with Crippen LogP contribution in [0.5, 0.6) is 0 Å². The Morgan fingerprint density at radius 3 is 2.84 bits per heavy atom. The fourth-order valence-corrected chi connectivity index (χ4v) is 3.06. The van der Waals surface area contributed by atoms with Gasteiger partial charge in [-0.1, -0.05) is 39.3 Å². The smallest absolute Gasteiger partial charge is 0.277 e. The summed E-state index contributed by atoms with van der Waals surface area (Å²) in [7, 11) is 0. The minimum absolute atomic E-state index is 0.216. The molecule has 25 heavy (non-hydrogen) atoms. The Balaban J connectivity index is 1.57. The summed E-state index contributed by atoms with van der Waals surface area (Å²) in [4.78, 5) is 16.4. The summed E-state index contributed by atoms with van der Waals surface area (Å²) >= 11 is 3.52. The number of hydrogen-bond donors (Lipinski definition) is 1. The van der Waals surface area contributed by atoms with Crippen LogP contribution in [0.1, 0.15) is 10.5 Å². The highest BCUT2D eigenvalue weighted by Gasteiger charge is 2.14. The maximum atomic E-state index is 12.4. The summed E-state index contributed by atoms with van der Waals surface area (Å²) < 4.78 is 6.25. The first-order valence-corrected chi connectivity index (χ1v) is 8.37. The SMILES string of the molecule is O=C(Nc1ccc2c(Br)cccc2c1)c1cc(-c2cccnc2)on1. The van der Waals surface area contributed by atoms with Gasteiger partial charge in [-0.2, -0.15) is 0 Å². The molecule has 2 aromatic carbocycles. The van der Waals surface area contributed by atoms with Crippen molar-refractivity contribution in [2.24, 2.45) is 0 Å².